The first-order chi connectivity index (χ1) is 8.69. The van der Waals surface area contributed by atoms with Crippen LogP contribution in [0, 0.1) is 17.2 Å². The first kappa shape index (κ1) is 13.4. The van der Waals surface area contributed by atoms with Crippen LogP contribution in [0.3, 0.4) is 0 Å². The zero-order valence-electron chi connectivity index (χ0n) is 11.5. The number of hydrogen-bond acceptors (Lipinski definition) is 2. The van der Waals surface area contributed by atoms with Gasteiger partial charge in [-0.3, -0.25) is 4.79 Å². The monoisotopic (exact) mass is 248 g/mol. The summed E-state index contributed by atoms with van der Waals surface area (Å²) < 4.78 is 0. The minimum absolute atomic E-state index is 0.177. The Morgan fingerprint density at radius 1 is 1.11 bits per heavy atom. The van der Waals surface area contributed by atoms with Crippen LogP contribution in [0.5, 0.6) is 0 Å². The highest BCUT2D eigenvalue weighted by Gasteiger charge is 2.40. The predicted molar refractivity (Wildman–Crippen MR) is 70.8 cm³/mol. The molecule has 0 aromatic carbocycles. The summed E-state index contributed by atoms with van der Waals surface area (Å²) >= 11 is 0. The van der Waals surface area contributed by atoms with Crippen molar-refractivity contribution in [3.05, 3.63) is 0 Å². The van der Waals surface area contributed by atoms with E-state index in [1.54, 1.807) is 4.90 Å². The number of carbonyl (C=O) groups excluding carboxylic acids is 1. The number of carbonyl (C=O) groups is 1. The second-order valence-corrected chi connectivity index (χ2v) is 5.94. The van der Waals surface area contributed by atoms with Crippen molar-refractivity contribution in [3.8, 4) is 6.07 Å². The first-order valence-corrected chi connectivity index (χ1v) is 7.38. The smallest absolute Gasteiger partial charge is 0.226 e. The molecule has 0 aliphatic heterocycles. The molecule has 1 amide bonds. The van der Waals surface area contributed by atoms with E-state index in [1.807, 2.05) is 7.05 Å². The lowest BCUT2D eigenvalue weighted by atomic mass is 9.80. The molecule has 3 heteroatoms. The number of hydrogen-bond donors (Lipinski definition) is 0. The lowest BCUT2D eigenvalue weighted by Gasteiger charge is -2.41. The van der Waals surface area contributed by atoms with Gasteiger partial charge in [0.05, 0.1) is 6.07 Å². The summed E-state index contributed by atoms with van der Waals surface area (Å²) in [7, 11) is 1.85. The minimum Gasteiger partial charge on any atom is -0.327 e. The molecule has 2 aliphatic rings. The highest BCUT2D eigenvalue weighted by atomic mass is 16.2. The zero-order chi connectivity index (χ0) is 13.0. The number of rotatable bonds is 2. The highest BCUT2D eigenvalue weighted by Crippen LogP contribution is 2.35. The third-order valence-electron chi connectivity index (χ3n) is 4.82. The maximum Gasteiger partial charge on any atom is 0.226 e. The van der Waals surface area contributed by atoms with Crippen molar-refractivity contribution < 1.29 is 4.79 Å². The Hall–Kier alpha value is -1.04. The van der Waals surface area contributed by atoms with Gasteiger partial charge in [-0.05, 0) is 25.7 Å². The topological polar surface area (TPSA) is 44.1 Å². The SMILES string of the molecule is CN(C(=O)C1CCCCC1)C1(C#N)CCCCC1. The fraction of sp³-hybridized carbons (Fsp3) is 0.867. The van der Waals surface area contributed by atoms with Gasteiger partial charge in [-0.25, -0.2) is 0 Å². The molecule has 18 heavy (non-hydrogen) atoms. The van der Waals surface area contributed by atoms with Crippen LogP contribution in [0.15, 0.2) is 0 Å². The molecule has 0 bridgehead atoms. The molecule has 0 aromatic rings. The Morgan fingerprint density at radius 3 is 2.22 bits per heavy atom. The van der Waals surface area contributed by atoms with E-state index in [2.05, 4.69) is 6.07 Å². The van der Waals surface area contributed by atoms with Gasteiger partial charge in [-0.15, -0.1) is 0 Å². The van der Waals surface area contributed by atoms with Crippen molar-refractivity contribution in [1.29, 1.82) is 5.26 Å². The normalized spacial score (nSPS) is 24.2. The van der Waals surface area contributed by atoms with E-state index in [9.17, 15) is 10.1 Å². The van der Waals surface area contributed by atoms with Crippen molar-refractivity contribution in [1.82, 2.24) is 4.90 Å². The average Bonchev–Trinajstić information content (AvgIpc) is 2.47. The summed E-state index contributed by atoms with van der Waals surface area (Å²) in [6, 6.07) is 2.44. The van der Waals surface area contributed by atoms with Crippen molar-refractivity contribution in [2.75, 3.05) is 7.05 Å². The summed E-state index contributed by atoms with van der Waals surface area (Å²) in [6.45, 7) is 0. The molecular weight excluding hydrogens is 224 g/mol. The fourth-order valence-corrected chi connectivity index (χ4v) is 3.49. The van der Waals surface area contributed by atoms with E-state index in [0.29, 0.717) is 0 Å². The molecule has 0 atom stereocenters. The lowest BCUT2D eigenvalue weighted by molar-refractivity contribution is -0.140. The van der Waals surface area contributed by atoms with Crippen molar-refractivity contribution in [2.24, 2.45) is 5.92 Å². The molecule has 0 unspecified atom stereocenters. The molecule has 0 radical (unpaired) electrons. The Kier molecular flexibility index (Phi) is 4.27. The molecule has 2 fully saturated rings. The summed E-state index contributed by atoms with van der Waals surface area (Å²) in [5.74, 6) is 0.397. The van der Waals surface area contributed by atoms with E-state index >= 15 is 0 Å². The molecule has 100 valence electrons. The van der Waals surface area contributed by atoms with Gasteiger partial charge in [0, 0.05) is 13.0 Å². The summed E-state index contributed by atoms with van der Waals surface area (Å²) in [5.41, 5.74) is -0.507. The van der Waals surface area contributed by atoms with Crippen LogP contribution in [0.25, 0.3) is 0 Å². The van der Waals surface area contributed by atoms with Crippen LogP contribution in [0.2, 0.25) is 0 Å². The Balaban J connectivity index is 2.06. The van der Waals surface area contributed by atoms with Gasteiger partial charge in [0.25, 0.3) is 0 Å². The van der Waals surface area contributed by atoms with Gasteiger partial charge >= 0.3 is 0 Å². The van der Waals surface area contributed by atoms with Crippen LogP contribution >= 0.6 is 0 Å². The lowest BCUT2D eigenvalue weighted by Crippen LogP contribution is -2.51. The summed E-state index contributed by atoms with van der Waals surface area (Å²) in [5, 5.41) is 9.52. The van der Waals surface area contributed by atoms with Crippen molar-refractivity contribution >= 4 is 5.91 Å². The van der Waals surface area contributed by atoms with E-state index in [0.717, 1.165) is 38.5 Å². The van der Waals surface area contributed by atoms with Gasteiger partial charge in [-0.2, -0.15) is 5.26 Å². The maximum atomic E-state index is 12.5. The molecular formula is C15H24N2O. The third-order valence-corrected chi connectivity index (χ3v) is 4.82. The third kappa shape index (κ3) is 2.53. The fourth-order valence-electron chi connectivity index (χ4n) is 3.49. The van der Waals surface area contributed by atoms with Gasteiger partial charge in [0.1, 0.15) is 5.54 Å². The maximum absolute atomic E-state index is 12.5. The van der Waals surface area contributed by atoms with Gasteiger partial charge < -0.3 is 4.90 Å². The Bertz CT molecular complexity index is 333. The van der Waals surface area contributed by atoms with E-state index in [1.165, 1.54) is 25.7 Å². The second kappa shape index (κ2) is 5.73. The Morgan fingerprint density at radius 2 is 1.67 bits per heavy atom. The predicted octanol–water partition coefficient (Wildman–Crippen LogP) is 3.25. The van der Waals surface area contributed by atoms with Crippen molar-refractivity contribution in [2.45, 2.75) is 69.7 Å². The molecule has 0 spiro atoms. The van der Waals surface area contributed by atoms with E-state index in [-0.39, 0.29) is 11.8 Å². The summed E-state index contributed by atoms with van der Waals surface area (Å²) in [6.07, 6.45) is 10.7. The molecule has 2 rings (SSSR count). The van der Waals surface area contributed by atoms with Gasteiger partial charge in [0.2, 0.25) is 5.91 Å². The van der Waals surface area contributed by atoms with Gasteiger partial charge in [0.15, 0.2) is 0 Å². The van der Waals surface area contributed by atoms with Crippen LogP contribution in [-0.4, -0.2) is 23.4 Å². The number of nitrogens with zero attached hydrogens (tertiary/aromatic N) is 2. The van der Waals surface area contributed by atoms with Gasteiger partial charge in [-0.1, -0.05) is 38.5 Å². The van der Waals surface area contributed by atoms with Crippen LogP contribution in [-0.2, 0) is 4.79 Å². The quantitative estimate of drug-likeness (QED) is 0.753. The standard InChI is InChI=1S/C15H24N2O/c1-17(14(18)13-8-4-2-5-9-13)15(12-16)10-6-3-7-11-15/h13H,2-11H2,1H3. The molecule has 0 aromatic heterocycles. The largest absolute Gasteiger partial charge is 0.327 e. The Labute approximate surface area is 110 Å². The molecule has 2 saturated carbocycles. The highest BCUT2D eigenvalue weighted by molar-refractivity contribution is 5.80. The molecule has 0 saturated heterocycles. The number of nitriles is 1. The van der Waals surface area contributed by atoms with Crippen LogP contribution in [0.4, 0.5) is 0 Å². The minimum atomic E-state index is -0.507. The second-order valence-electron chi connectivity index (χ2n) is 5.94. The van der Waals surface area contributed by atoms with E-state index < -0.39 is 5.54 Å². The van der Waals surface area contributed by atoms with Crippen molar-refractivity contribution in [3.63, 3.8) is 0 Å². The molecule has 0 heterocycles. The molecule has 0 N–H and O–H groups in total. The zero-order valence-corrected chi connectivity index (χ0v) is 11.5. The van der Waals surface area contributed by atoms with Crippen LogP contribution < -0.4 is 0 Å². The first-order valence-electron chi connectivity index (χ1n) is 7.38. The number of amides is 1. The van der Waals surface area contributed by atoms with E-state index in [4.69, 9.17) is 0 Å². The van der Waals surface area contributed by atoms with Crippen LogP contribution in [0.1, 0.15) is 64.2 Å². The average molecular weight is 248 g/mol. The summed E-state index contributed by atoms with van der Waals surface area (Å²) in [4.78, 5) is 14.3. The molecule has 3 nitrogen and oxygen atoms in total. The molecule has 2 aliphatic carbocycles.